The molecule has 2 N–H and O–H groups in total. The van der Waals surface area contributed by atoms with Crippen LogP contribution in [-0.2, 0) is 11.3 Å². The number of morpholine rings is 1. The monoisotopic (exact) mass is 262 g/mol. The summed E-state index contributed by atoms with van der Waals surface area (Å²) in [7, 11) is 0. The molecule has 0 aliphatic carbocycles. The van der Waals surface area contributed by atoms with Crippen LogP contribution in [0.3, 0.4) is 0 Å². The second-order valence-electron chi connectivity index (χ2n) is 4.73. The van der Waals surface area contributed by atoms with Crippen molar-refractivity contribution in [3.8, 4) is 11.8 Å². The number of rotatable bonds is 2. The van der Waals surface area contributed by atoms with Crippen LogP contribution in [0.4, 0.5) is 4.39 Å². The molecule has 1 aromatic rings. The van der Waals surface area contributed by atoms with Crippen molar-refractivity contribution in [2.24, 2.45) is 5.73 Å². The predicted molar refractivity (Wildman–Crippen MR) is 73.0 cm³/mol. The smallest absolute Gasteiger partial charge is 0.128 e. The minimum atomic E-state index is -0.206. The summed E-state index contributed by atoms with van der Waals surface area (Å²) in [5.41, 5.74) is 6.66. The summed E-state index contributed by atoms with van der Waals surface area (Å²) < 4.78 is 19.4. The molecule has 4 heteroatoms. The minimum Gasteiger partial charge on any atom is -0.376 e. The van der Waals surface area contributed by atoms with Gasteiger partial charge in [0.25, 0.3) is 0 Å². The molecule has 1 atom stereocenters. The fraction of sp³-hybridized carbons (Fsp3) is 0.467. The lowest BCUT2D eigenvalue weighted by atomic mass is 10.1. The second kappa shape index (κ2) is 6.67. The van der Waals surface area contributed by atoms with E-state index in [4.69, 9.17) is 10.5 Å². The summed E-state index contributed by atoms with van der Waals surface area (Å²) in [5, 5.41) is 0. The fourth-order valence-electron chi connectivity index (χ4n) is 2.18. The van der Waals surface area contributed by atoms with Gasteiger partial charge in [0.2, 0.25) is 0 Å². The van der Waals surface area contributed by atoms with Crippen LogP contribution < -0.4 is 5.73 Å². The van der Waals surface area contributed by atoms with Crippen molar-refractivity contribution in [2.75, 3.05) is 26.2 Å². The molecule has 1 unspecified atom stereocenters. The maximum absolute atomic E-state index is 14.0. The zero-order valence-corrected chi connectivity index (χ0v) is 11.2. The summed E-state index contributed by atoms with van der Waals surface area (Å²) in [6.45, 7) is 5.34. The molecule has 1 aromatic carbocycles. The second-order valence-corrected chi connectivity index (χ2v) is 4.73. The lowest BCUT2D eigenvalue weighted by molar-refractivity contribution is -0.0215. The average molecular weight is 262 g/mol. The van der Waals surface area contributed by atoms with Crippen LogP contribution in [0.2, 0.25) is 0 Å². The van der Waals surface area contributed by atoms with Crippen LogP contribution >= 0.6 is 0 Å². The van der Waals surface area contributed by atoms with E-state index < -0.39 is 0 Å². The topological polar surface area (TPSA) is 38.5 Å². The van der Waals surface area contributed by atoms with Gasteiger partial charge in [-0.1, -0.05) is 17.9 Å². The third kappa shape index (κ3) is 4.03. The molecule has 1 aliphatic heterocycles. The van der Waals surface area contributed by atoms with E-state index in [-0.39, 0.29) is 18.5 Å². The first-order chi connectivity index (χ1) is 9.19. The van der Waals surface area contributed by atoms with Crippen LogP contribution in [0.15, 0.2) is 18.2 Å². The molecule has 1 aliphatic rings. The summed E-state index contributed by atoms with van der Waals surface area (Å²) in [4.78, 5) is 2.21. The fourth-order valence-corrected chi connectivity index (χ4v) is 2.18. The van der Waals surface area contributed by atoms with Gasteiger partial charge in [-0.05, 0) is 19.1 Å². The van der Waals surface area contributed by atoms with Gasteiger partial charge in [0, 0.05) is 30.8 Å². The lowest BCUT2D eigenvalue weighted by Crippen LogP contribution is -2.40. The van der Waals surface area contributed by atoms with E-state index >= 15 is 0 Å². The lowest BCUT2D eigenvalue weighted by Gasteiger charge is -2.31. The third-order valence-electron chi connectivity index (χ3n) is 3.11. The molecular formula is C15H19FN2O. The summed E-state index contributed by atoms with van der Waals surface area (Å²) >= 11 is 0. The summed E-state index contributed by atoms with van der Waals surface area (Å²) in [6, 6.07) is 5.11. The number of hydrogen-bond donors (Lipinski definition) is 1. The van der Waals surface area contributed by atoms with Gasteiger partial charge in [-0.2, -0.15) is 0 Å². The normalized spacial score (nSPS) is 19.8. The molecule has 1 heterocycles. The molecule has 102 valence electrons. The molecule has 0 spiro atoms. The van der Waals surface area contributed by atoms with Crippen molar-refractivity contribution >= 4 is 0 Å². The van der Waals surface area contributed by atoms with E-state index in [0.717, 1.165) is 13.1 Å². The molecule has 3 nitrogen and oxygen atoms in total. The Morgan fingerprint density at radius 3 is 3.05 bits per heavy atom. The van der Waals surface area contributed by atoms with E-state index in [2.05, 4.69) is 16.7 Å². The maximum atomic E-state index is 14.0. The van der Waals surface area contributed by atoms with E-state index in [1.165, 1.54) is 6.07 Å². The zero-order chi connectivity index (χ0) is 13.7. The Morgan fingerprint density at radius 2 is 2.37 bits per heavy atom. The van der Waals surface area contributed by atoms with Crippen LogP contribution in [0.5, 0.6) is 0 Å². The average Bonchev–Trinajstić information content (AvgIpc) is 2.39. The molecule has 0 radical (unpaired) electrons. The van der Waals surface area contributed by atoms with Gasteiger partial charge in [0.15, 0.2) is 0 Å². The number of hydrogen-bond acceptors (Lipinski definition) is 3. The molecule has 1 fully saturated rings. The maximum Gasteiger partial charge on any atom is 0.128 e. The van der Waals surface area contributed by atoms with Crippen LogP contribution in [0, 0.1) is 17.7 Å². The highest BCUT2D eigenvalue weighted by atomic mass is 19.1. The van der Waals surface area contributed by atoms with Gasteiger partial charge in [-0.25, -0.2) is 4.39 Å². The quantitative estimate of drug-likeness (QED) is 0.818. The highest BCUT2D eigenvalue weighted by Gasteiger charge is 2.17. The molecule has 0 saturated carbocycles. The minimum absolute atomic E-state index is 0.206. The zero-order valence-electron chi connectivity index (χ0n) is 11.2. The first-order valence-electron chi connectivity index (χ1n) is 6.50. The Labute approximate surface area is 113 Å². The van der Waals surface area contributed by atoms with Gasteiger partial charge in [0.05, 0.1) is 19.3 Å². The van der Waals surface area contributed by atoms with Gasteiger partial charge in [-0.15, -0.1) is 0 Å². The summed E-state index contributed by atoms with van der Waals surface area (Å²) in [5.74, 6) is 5.35. The number of nitrogens with zero attached hydrogens (tertiary/aromatic N) is 1. The largest absolute Gasteiger partial charge is 0.376 e. The Hall–Kier alpha value is -1.41. The van der Waals surface area contributed by atoms with Crippen LogP contribution in [-0.4, -0.2) is 37.2 Å². The highest BCUT2D eigenvalue weighted by molar-refractivity contribution is 5.37. The number of nitrogens with two attached hydrogens (primary N) is 1. The Morgan fingerprint density at radius 1 is 1.53 bits per heavy atom. The van der Waals surface area contributed by atoms with Gasteiger partial charge >= 0.3 is 0 Å². The predicted octanol–water partition coefficient (Wildman–Crippen LogP) is 1.36. The molecule has 0 aromatic heterocycles. The first kappa shape index (κ1) is 14.0. The molecular weight excluding hydrogens is 243 g/mol. The molecule has 2 rings (SSSR count). The molecule has 0 bridgehead atoms. The van der Waals surface area contributed by atoms with Crippen molar-refractivity contribution < 1.29 is 9.13 Å². The first-order valence-corrected chi connectivity index (χ1v) is 6.50. The SMILES string of the molecule is CC1CN(Cc2ccc(C#CCN)cc2F)CCO1. The van der Waals surface area contributed by atoms with E-state index in [9.17, 15) is 4.39 Å². The van der Waals surface area contributed by atoms with Gasteiger partial charge in [-0.3, -0.25) is 4.90 Å². The summed E-state index contributed by atoms with van der Waals surface area (Å²) in [6.07, 6.45) is 0.214. The Bertz CT molecular complexity index is 493. The highest BCUT2D eigenvalue weighted by Crippen LogP contribution is 2.14. The van der Waals surface area contributed by atoms with Crippen molar-refractivity contribution in [3.63, 3.8) is 0 Å². The molecule has 1 saturated heterocycles. The van der Waals surface area contributed by atoms with E-state index in [1.54, 1.807) is 6.07 Å². The van der Waals surface area contributed by atoms with Crippen molar-refractivity contribution in [3.05, 3.63) is 35.1 Å². The number of ether oxygens (including phenoxy) is 1. The standard InChI is InChI=1S/C15H19FN2O/c1-12-10-18(7-8-19-12)11-14-5-4-13(3-2-6-17)9-15(14)16/h4-5,9,12H,6-8,10-11,17H2,1H3. The molecule has 19 heavy (non-hydrogen) atoms. The van der Waals surface area contributed by atoms with E-state index in [0.29, 0.717) is 24.3 Å². The van der Waals surface area contributed by atoms with Crippen molar-refractivity contribution in [1.29, 1.82) is 0 Å². The van der Waals surface area contributed by atoms with Crippen LogP contribution in [0.25, 0.3) is 0 Å². The number of benzene rings is 1. The Kier molecular flexibility index (Phi) is 4.92. The van der Waals surface area contributed by atoms with Crippen LogP contribution in [0.1, 0.15) is 18.1 Å². The van der Waals surface area contributed by atoms with Crippen molar-refractivity contribution in [2.45, 2.75) is 19.6 Å². The van der Waals surface area contributed by atoms with Gasteiger partial charge in [0.1, 0.15) is 5.82 Å². The molecule has 0 amide bonds. The third-order valence-corrected chi connectivity index (χ3v) is 3.11. The van der Waals surface area contributed by atoms with Crippen molar-refractivity contribution in [1.82, 2.24) is 4.90 Å². The van der Waals surface area contributed by atoms with Gasteiger partial charge < -0.3 is 10.5 Å². The Balaban J connectivity index is 2.04. The number of halogens is 1. The van der Waals surface area contributed by atoms with E-state index in [1.807, 2.05) is 13.0 Å².